The number of methoxy groups -OCH3 is 1. The fraction of sp³-hybridized carbons (Fsp3) is 0.0500. The first kappa shape index (κ1) is 17.6. The Morgan fingerprint density at radius 3 is 2.38 bits per heavy atom. The highest BCUT2D eigenvalue weighted by atomic mass is 35.5. The number of allylic oxidation sites excluding steroid dienone is 5. The van der Waals surface area contributed by atoms with E-state index in [2.05, 4.69) is 0 Å². The Balaban J connectivity index is 2.06. The predicted octanol–water partition coefficient (Wildman–Crippen LogP) is 4.86. The zero-order valence-corrected chi connectivity index (χ0v) is 14.6. The van der Waals surface area contributed by atoms with Crippen molar-refractivity contribution >= 4 is 23.1 Å². The molecule has 0 spiro atoms. The van der Waals surface area contributed by atoms with E-state index in [1.165, 1.54) is 24.3 Å². The molecule has 132 valence electrons. The molecule has 2 aromatic carbocycles. The summed E-state index contributed by atoms with van der Waals surface area (Å²) in [7, 11) is 1.57. The standard InChI is InChI=1S/C20H15ClNO4/c1-26-19-10-7-15(12-18(19)14-3-2-4-16(21)11-14)20(23)13-5-8-17(9-6-13)22(24)25/h2-12H,1H3,(H-,23,24,25)/q-1. The number of halogens is 1. The number of nitrogens with zero attached hydrogens (tertiary/aromatic N) is 1. The first-order chi connectivity index (χ1) is 12.5. The van der Waals surface area contributed by atoms with Crippen molar-refractivity contribution in [1.29, 1.82) is 0 Å². The fourth-order valence-electron chi connectivity index (χ4n) is 2.64. The molecule has 0 saturated heterocycles. The van der Waals surface area contributed by atoms with Gasteiger partial charge < -0.3 is 20.3 Å². The van der Waals surface area contributed by atoms with Gasteiger partial charge in [0.05, 0.1) is 7.11 Å². The van der Waals surface area contributed by atoms with Crippen molar-refractivity contribution in [3.63, 3.8) is 0 Å². The van der Waals surface area contributed by atoms with Crippen LogP contribution in [-0.2, 0) is 0 Å². The van der Waals surface area contributed by atoms with Crippen LogP contribution in [0.15, 0.2) is 72.3 Å². The molecule has 1 aliphatic rings. The summed E-state index contributed by atoms with van der Waals surface area (Å²) in [6.45, 7) is 0. The molecule has 3 rings (SSSR count). The van der Waals surface area contributed by atoms with Crippen LogP contribution in [0.3, 0.4) is 0 Å². The molecule has 0 radical (unpaired) electrons. The van der Waals surface area contributed by atoms with E-state index in [0.29, 0.717) is 21.9 Å². The topological polar surface area (TPSA) is 78.6 Å². The first-order valence-corrected chi connectivity index (χ1v) is 8.12. The van der Waals surface area contributed by atoms with Crippen LogP contribution < -0.4 is 4.74 Å². The van der Waals surface area contributed by atoms with Crippen molar-refractivity contribution in [2.24, 2.45) is 0 Å². The molecule has 0 heterocycles. The molecule has 0 aliphatic heterocycles. The molecule has 0 atom stereocenters. The molecule has 0 unspecified atom stereocenters. The number of aliphatic hydroxyl groups is 1. The third kappa shape index (κ3) is 3.58. The molecule has 0 bridgehead atoms. The van der Waals surface area contributed by atoms with Gasteiger partial charge in [0.1, 0.15) is 11.5 Å². The third-order valence-electron chi connectivity index (χ3n) is 3.96. The van der Waals surface area contributed by atoms with Crippen LogP contribution in [0.2, 0.25) is 5.02 Å². The lowest BCUT2D eigenvalue weighted by atomic mass is 9.98. The van der Waals surface area contributed by atoms with Gasteiger partial charge in [-0.25, -0.2) is 0 Å². The van der Waals surface area contributed by atoms with Gasteiger partial charge >= 0.3 is 0 Å². The normalized spacial score (nSPS) is 13.0. The summed E-state index contributed by atoms with van der Waals surface area (Å²) < 4.78 is 5.41. The van der Waals surface area contributed by atoms with E-state index < -0.39 is 4.90 Å². The molecule has 0 fully saturated rings. The summed E-state index contributed by atoms with van der Waals surface area (Å²) in [5, 5.41) is 32.7. The van der Waals surface area contributed by atoms with Gasteiger partial charge in [0.2, 0.25) is 5.71 Å². The highest BCUT2D eigenvalue weighted by molar-refractivity contribution is 6.30. The van der Waals surface area contributed by atoms with Crippen molar-refractivity contribution in [1.82, 2.24) is 0 Å². The molecular formula is C20H15ClNO4-. The van der Waals surface area contributed by atoms with Crippen LogP contribution in [0.25, 0.3) is 16.9 Å². The molecule has 26 heavy (non-hydrogen) atoms. The Bertz CT molecular complexity index is 952. The molecule has 6 heteroatoms. The van der Waals surface area contributed by atoms with Crippen molar-refractivity contribution < 1.29 is 14.7 Å². The van der Waals surface area contributed by atoms with Crippen LogP contribution in [0, 0.1) is 10.4 Å². The monoisotopic (exact) mass is 368 g/mol. The molecule has 0 aromatic heterocycles. The number of ether oxygens (including phenoxy) is 1. The van der Waals surface area contributed by atoms with E-state index >= 15 is 0 Å². The lowest BCUT2D eigenvalue weighted by Crippen LogP contribution is -2.06. The van der Waals surface area contributed by atoms with Crippen molar-refractivity contribution in [3.8, 4) is 16.9 Å². The summed E-state index contributed by atoms with van der Waals surface area (Å²) in [6.07, 6.45) is 5.73. The van der Waals surface area contributed by atoms with Gasteiger partial charge in [-0.05, 0) is 48.0 Å². The maximum absolute atomic E-state index is 10.8. The van der Waals surface area contributed by atoms with Gasteiger partial charge in [0, 0.05) is 33.9 Å². The number of rotatable bonds is 3. The highest BCUT2D eigenvalue weighted by Crippen LogP contribution is 2.34. The molecule has 0 amide bonds. The van der Waals surface area contributed by atoms with E-state index in [1.54, 1.807) is 31.4 Å². The second-order valence-corrected chi connectivity index (χ2v) is 6.01. The minimum absolute atomic E-state index is 0.0193. The smallest absolute Gasteiger partial charge is 0.222 e. The summed E-state index contributed by atoms with van der Waals surface area (Å²) in [5.74, 6) is 0.665. The molecule has 2 aromatic rings. The second-order valence-electron chi connectivity index (χ2n) is 5.58. The second kappa shape index (κ2) is 7.37. The SMILES string of the molecule is COc1ccc(C(O)=C2C=CC(=[N+]([O-])[O-])C=C2)cc1-c1cccc(Cl)c1. The Hall–Kier alpha value is -3.18. The number of hydrogen-bond donors (Lipinski definition) is 1. The van der Waals surface area contributed by atoms with Crippen LogP contribution in [0.4, 0.5) is 0 Å². The highest BCUT2D eigenvalue weighted by Gasteiger charge is 2.13. The van der Waals surface area contributed by atoms with Crippen LogP contribution in [-0.4, -0.2) is 22.8 Å². The van der Waals surface area contributed by atoms with E-state index in [0.717, 1.165) is 11.1 Å². The van der Waals surface area contributed by atoms with Gasteiger partial charge in [0.25, 0.3) is 0 Å². The third-order valence-corrected chi connectivity index (χ3v) is 4.20. The Morgan fingerprint density at radius 1 is 1.04 bits per heavy atom. The van der Waals surface area contributed by atoms with E-state index in [9.17, 15) is 15.5 Å². The molecule has 1 aliphatic carbocycles. The van der Waals surface area contributed by atoms with Gasteiger partial charge in [-0.15, -0.1) is 0 Å². The average Bonchev–Trinajstić information content (AvgIpc) is 2.67. The summed E-state index contributed by atoms with van der Waals surface area (Å²) in [4.78, 5) is -0.481. The Kier molecular flexibility index (Phi) is 5.00. The van der Waals surface area contributed by atoms with Gasteiger partial charge in [-0.3, -0.25) is 0 Å². The minimum Gasteiger partial charge on any atom is -0.612 e. The largest absolute Gasteiger partial charge is 0.612 e. The van der Waals surface area contributed by atoms with Gasteiger partial charge in [-0.1, -0.05) is 23.7 Å². The molecule has 5 nitrogen and oxygen atoms in total. The predicted molar refractivity (Wildman–Crippen MR) is 103 cm³/mol. The van der Waals surface area contributed by atoms with Gasteiger partial charge in [-0.2, -0.15) is 4.90 Å². The lowest BCUT2D eigenvalue weighted by Gasteiger charge is -2.13. The van der Waals surface area contributed by atoms with E-state index in [4.69, 9.17) is 16.3 Å². The summed E-state index contributed by atoms with van der Waals surface area (Å²) >= 11 is 6.08. The van der Waals surface area contributed by atoms with Crippen molar-refractivity contribution in [2.75, 3.05) is 7.11 Å². The van der Waals surface area contributed by atoms with Gasteiger partial charge in [0.15, 0.2) is 0 Å². The number of aliphatic hydroxyl groups excluding tert-OH is 1. The number of benzene rings is 2. The fourth-order valence-corrected chi connectivity index (χ4v) is 2.83. The Morgan fingerprint density at radius 2 is 1.77 bits per heavy atom. The van der Waals surface area contributed by atoms with Crippen LogP contribution in [0.5, 0.6) is 5.75 Å². The maximum atomic E-state index is 10.8. The Labute approximate surface area is 155 Å². The molecule has 1 N–H and O–H groups in total. The maximum Gasteiger partial charge on any atom is 0.222 e. The molecule has 0 saturated carbocycles. The van der Waals surface area contributed by atoms with Crippen molar-refractivity contribution in [2.45, 2.75) is 0 Å². The number of hydrogen-bond acceptors (Lipinski definition) is 4. The zero-order chi connectivity index (χ0) is 18.7. The van der Waals surface area contributed by atoms with E-state index in [1.807, 2.05) is 18.2 Å². The van der Waals surface area contributed by atoms with Crippen LogP contribution >= 0.6 is 11.6 Å². The average molecular weight is 369 g/mol. The van der Waals surface area contributed by atoms with Crippen LogP contribution in [0.1, 0.15) is 5.56 Å². The zero-order valence-electron chi connectivity index (χ0n) is 13.8. The lowest BCUT2D eigenvalue weighted by molar-refractivity contribution is -0.377. The van der Waals surface area contributed by atoms with E-state index in [-0.39, 0.29) is 11.5 Å². The quantitative estimate of drug-likeness (QED) is 0.476. The summed E-state index contributed by atoms with van der Waals surface area (Å²) in [6, 6.07) is 12.6. The molecular weight excluding hydrogens is 354 g/mol. The minimum atomic E-state index is -0.481. The summed E-state index contributed by atoms with van der Waals surface area (Å²) in [5.41, 5.74) is 2.65. The first-order valence-electron chi connectivity index (χ1n) is 7.74. The van der Waals surface area contributed by atoms with Crippen molar-refractivity contribution in [3.05, 3.63) is 93.3 Å².